The van der Waals surface area contributed by atoms with Gasteiger partial charge in [-0.3, -0.25) is 4.79 Å². The van der Waals surface area contributed by atoms with E-state index in [0.717, 1.165) is 5.56 Å². The molecular formula is C12H14Cl2N2O. The minimum atomic E-state index is -0.130. The Morgan fingerprint density at radius 3 is 2.53 bits per heavy atom. The third kappa shape index (κ3) is 4.02. The van der Waals surface area contributed by atoms with Gasteiger partial charge in [0.25, 0.3) is 0 Å². The average Bonchev–Trinajstić information content (AvgIpc) is 2.25. The standard InChI is InChI=1S/C12H14Cl2N2O/c1-7(2)12(17)16-15-8(3)10-5-4-9(13)6-11(10)14/h4-7H,1-3H3,(H,16,17)/b15-8-. The van der Waals surface area contributed by atoms with Crippen molar-refractivity contribution in [3.63, 3.8) is 0 Å². The summed E-state index contributed by atoms with van der Waals surface area (Å²) in [7, 11) is 0. The molecule has 0 aromatic heterocycles. The van der Waals surface area contributed by atoms with Crippen LogP contribution in [-0.4, -0.2) is 11.6 Å². The van der Waals surface area contributed by atoms with Crippen LogP contribution in [0.1, 0.15) is 26.3 Å². The number of hydrogen-bond donors (Lipinski definition) is 1. The van der Waals surface area contributed by atoms with Crippen molar-refractivity contribution in [2.24, 2.45) is 11.0 Å². The smallest absolute Gasteiger partial charge is 0.242 e. The Bertz CT molecular complexity index is 456. The van der Waals surface area contributed by atoms with Gasteiger partial charge in [0.2, 0.25) is 5.91 Å². The van der Waals surface area contributed by atoms with Crippen molar-refractivity contribution in [3.05, 3.63) is 33.8 Å². The van der Waals surface area contributed by atoms with Crippen molar-refractivity contribution in [2.75, 3.05) is 0 Å². The third-order valence-electron chi connectivity index (χ3n) is 2.18. The van der Waals surface area contributed by atoms with Gasteiger partial charge in [-0.2, -0.15) is 5.10 Å². The molecule has 3 nitrogen and oxygen atoms in total. The Labute approximate surface area is 111 Å². The molecule has 0 aliphatic heterocycles. The van der Waals surface area contributed by atoms with E-state index in [9.17, 15) is 4.79 Å². The van der Waals surface area contributed by atoms with E-state index in [-0.39, 0.29) is 11.8 Å². The first-order chi connectivity index (χ1) is 7.91. The van der Waals surface area contributed by atoms with Gasteiger partial charge in [-0.25, -0.2) is 5.43 Å². The molecule has 1 N–H and O–H groups in total. The second-order valence-electron chi connectivity index (χ2n) is 3.95. The molecule has 0 radical (unpaired) electrons. The highest BCUT2D eigenvalue weighted by Crippen LogP contribution is 2.21. The Morgan fingerprint density at radius 1 is 1.35 bits per heavy atom. The normalized spacial score (nSPS) is 11.8. The first-order valence-electron chi connectivity index (χ1n) is 5.21. The van der Waals surface area contributed by atoms with Crippen LogP contribution in [0.4, 0.5) is 0 Å². The van der Waals surface area contributed by atoms with Gasteiger partial charge in [0.15, 0.2) is 0 Å². The van der Waals surface area contributed by atoms with Crippen molar-refractivity contribution in [3.8, 4) is 0 Å². The van der Waals surface area contributed by atoms with Crippen LogP contribution in [0.3, 0.4) is 0 Å². The average molecular weight is 273 g/mol. The lowest BCUT2D eigenvalue weighted by atomic mass is 10.1. The van der Waals surface area contributed by atoms with Crippen LogP contribution in [0, 0.1) is 5.92 Å². The van der Waals surface area contributed by atoms with Crippen molar-refractivity contribution >= 4 is 34.8 Å². The van der Waals surface area contributed by atoms with Crippen LogP contribution < -0.4 is 5.43 Å². The quantitative estimate of drug-likeness (QED) is 0.664. The number of benzene rings is 1. The minimum Gasteiger partial charge on any atom is -0.273 e. The summed E-state index contributed by atoms with van der Waals surface area (Å²) in [5.41, 5.74) is 3.87. The lowest BCUT2D eigenvalue weighted by Gasteiger charge is -2.06. The molecule has 0 heterocycles. The molecule has 0 unspecified atom stereocenters. The van der Waals surface area contributed by atoms with Gasteiger partial charge in [0.05, 0.1) is 10.7 Å². The van der Waals surface area contributed by atoms with Crippen LogP contribution in [0.2, 0.25) is 10.0 Å². The van der Waals surface area contributed by atoms with E-state index in [4.69, 9.17) is 23.2 Å². The Balaban J connectivity index is 2.85. The van der Waals surface area contributed by atoms with Crippen LogP contribution in [0.25, 0.3) is 0 Å². The zero-order chi connectivity index (χ0) is 13.0. The van der Waals surface area contributed by atoms with Gasteiger partial charge in [0.1, 0.15) is 0 Å². The second kappa shape index (κ2) is 6.03. The fourth-order valence-electron chi connectivity index (χ4n) is 1.11. The molecule has 92 valence electrons. The summed E-state index contributed by atoms with van der Waals surface area (Å²) in [6, 6.07) is 5.14. The topological polar surface area (TPSA) is 41.5 Å². The molecule has 5 heteroatoms. The van der Waals surface area contributed by atoms with E-state index in [1.54, 1.807) is 39.0 Å². The number of carbonyl (C=O) groups excluding carboxylic acids is 1. The highest BCUT2D eigenvalue weighted by Gasteiger charge is 2.07. The number of carbonyl (C=O) groups is 1. The SMILES string of the molecule is C/C(=N/NC(=O)C(C)C)c1ccc(Cl)cc1Cl. The zero-order valence-electron chi connectivity index (χ0n) is 9.92. The van der Waals surface area contributed by atoms with Crippen LogP contribution in [0.5, 0.6) is 0 Å². The Morgan fingerprint density at radius 2 is 2.00 bits per heavy atom. The van der Waals surface area contributed by atoms with Crippen molar-refractivity contribution in [1.29, 1.82) is 0 Å². The van der Waals surface area contributed by atoms with Crippen molar-refractivity contribution < 1.29 is 4.79 Å². The van der Waals surface area contributed by atoms with Crippen molar-refractivity contribution in [1.82, 2.24) is 5.43 Å². The van der Waals surface area contributed by atoms with Gasteiger partial charge >= 0.3 is 0 Å². The summed E-state index contributed by atoms with van der Waals surface area (Å²) in [5, 5.41) is 5.07. The van der Waals surface area contributed by atoms with Gasteiger partial charge in [-0.05, 0) is 19.1 Å². The lowest BCUT2D eigenvalue weighted by molar-refractivity contribution is -0.123. The molecule has 0 spiro atoms. The van der Waals surface area contributed by atoms with Crippen molar-refractivity contribution in [2.45, 2.75) is 20.8 Å². The largest absolute Gasteiger partial charge is 0.273 e. The lowest BCUT2D eigenvalue weighted by Crippen LogP contribution is -2.24. The number of rotatable bonds is 3. The zero-order valence-corrected chi connectivity index (χ0v) is 11.4. The maximum Gasteiger partial charge on any atom is 0.242 e. The molecule has 1 amide bonds. The monoisotopic (exact) mass is 272 g/mol. The van der Waals surface area contributed by atoms with Crippen LogP contribution in [-0.2, 0) is 4.79 Å². The summed E-state index contributed by atoms with van der Waals surface area (Å²) in [6.45, 7) is 5.38. The van der Waals surface area contributed by atoms with Gasteiger partial charge in [0, 0.05) is 16.5 Å². The Hall–Kier alpha value is -1.06. The highest BCUT2D eigenvalue weighted by atomic mass is 35.5. The summed E-state index contributed by atoms with van der Waals surface area (Å²) >= 11 is 11.8. The molecule has 1 aromatic rings. The summed E-state index contributed by atoms with van der Waals surface area (Å²) in [6.07, 6.45) is 0. The molecule has 17 heavy (non-hydrogen) atoms. The summed E-state index contributed by atoms with van der Waals surface area (Å²) in [4.78, 5) is 11.3. The number of nitrogens with one attached hydrogen (secondary N) is 1. The predicted molar refractivity (Wildman–Crippen MR) is 71.7 cm³/mol. The maximum atomic E-state index is 11.3. The fourth-order valence-corrected chi connectivity index (χ4v) is 1.66. The van der Waals surface area contributed by atoms with E-state index in [2.05, 4.69) is 10.5 Å². The number of amides is 1. The van der Waals surface area contributed by atoms with E-state index in [1.807, 2.05) is 0 Å². The molecule has 1 aromatic carbocycles. The predicted octanol–water partition coefficient (Wildman–Crippen LogP) is 3.49. The van der Waals surface area contributed by atoms with Gasteiger partial charge < -0.3 is 0 Å². The first-order valence-corrected chi connectivity index (χ1v) is 5.97. The van der Waals surface area contributed by atoms with E-state index >= 15 is 0 Å². The van der Waals surface area contributed by atoms with E-state index < -0.39 is 0 Å². The highest BCUT2D eigenvalue weighted by molar-refractivity contribution is 6.37. The van der Waals surface area contributed by atoms with Gasteiger partial charge in [-0.15, -0.1) is 0 Å². The molecule has 0 atom stereocenters. The summed E-state index contributed by atoms with van der Waals surface area (Å²) < 4.78 is 0. The Kier molecular flexibility index (Phi) is 4.97. The molecular weight excluding hydrogens is 259 g/mol. The molecule has 0 aliphatic carbocycles. The van der Waals surface area contributed by atoms with Crippen LogP contribution in [0.15, 0.2) is 23.3 Å². The third-order valence-corrected chi connectivity index (χ3v) is 2.73. The van der Waals surface area contributed by atoms with Gasteiger partial charge in [-0.1, -0.05) is 43.1 Å². The molecule has 0 saturated heterocycles. The minimum absolute atomic E-state index is 0.104. The first kappa shape index (κ1) is 14.0. The van der Waals surface area contributed by atoms with Crippen LogP contribution >= 0.6 is 23.2 Å². The maximum absolute atomic E-state index is 11.3. The number of nitrogens with zero attached hydrogens (tertiary/aromatic N) is 1. The fraction of sp³-hybridized carbons (Fsp3) is 0.333. The molecule has 0 saturated carbocycles. The summed E-state index contributed by atoms with van der Waals surface area (Å²) in [5.74, 6) is -0.235. The number of hydrazone groups is 1. The second-order valence-corrected chi connectivity index (χ2v) is 4.80. The number of halogens is 2. The molecule has 0 fully saturated rings. The molecule has 1 rings (SSSR count). The molecule has 0 aliphatic rings. The number of hydrogen-bond acceptors (Lipinski definition) is 2. The van der Waals surface area contributed by atoms with E-state index in [0.29, 0.717) is 15.8 Å². The van der Waals surface area contributed by atoms with E-state index in [1.165, 1.54) is 0 Å². The molecule has 0 bridgehead atoms.